The number of carbonyl (C=O) groups is 1. The second-order valence-electron chi connectivity index (χ2n) is 5.43. The van der Waals surface area contributed by atoms with E-state index in [0.29, 0.717) is 17.1 Å². The molecule has 1 heterocycles. The minimum Gasteiger partial charge on any atom is -0.461 e. The first-order chi connectivity index (χ1) is 11.6. The fourth-order valence-corrected chi connectivity index (χ4v) is 2.58. The van der Waals surface area contributed by atoms with E-state index in [0.717, 1.165) is 16.8 Å². The molecule has 0 saturated carbocycles. The van der Waals surface area contributed by atoms with Crippen molar-refractivity contribution in [1.82, 2.24) is 4.98 Å². The zero-order chi connectivity index (χ0) is 17.1. The fraction of sp³-hybridized carbons (Fsp3) is 0.158. The van der Waals surface area contributed by atoms with Gasteiger partial charge in [0.15, 0.2) is 5.69 Å². The summed E-state index contributed by atoms with van der Waals surface area (Å²) in [6.07, 6.45) is 0. The van der Waals surface area contributed by atoms with Crippen LogP contribution in [0.1, 0.15) is 23.0 Å². The highest BCUT2D eigenvalue weighted by molar-refractivity contribution is 6.31. The standard InChI is InChI=1S/C19H17ClN2O2/c1-3-24-19(23)18-11-17(21-14-7-4-12(2)5-8-14)15-10-13(20)6-9-16(15)22-18/h4-11H,3H2,1-2H3,(H,21,22). The number of anilines is 2. The van der Waals surface area contributed by atoms with Crippen molar-refractivity contribution in [3.63, 3.8) is 0 Å². The lowest BCUT2D eigenvalue weighted by atomic mass is 10.1. The van der Waals surface area contributed by atoms with Crippen LogP contribution >= 0.6 is 11.6 Å². The second kappa shape index (κ2) is 6.89. The summed E-state index contributed by atoms with van der Waals surface area (Å²) in [5.41, 5.74) is 3.80. The van der Waals surface area contributed by atoms with Gasteiger partial charge in [-0.3, -0.25) is 0 Å². The molecular weight excluding hydrogens is 324 g/mol. The molecule has 3 aromatic rings. The number of nitrogens with one attached hydrogen (secondary N) is 1. The number of ether oxygens (including phenoxy) is 1. The number of aromatic nitrogens is 1. The molecular formula is C19H17ClN2O2. The SMILES string of the molecule is CCOC(=O)c1cc(Nc2ccc(C)cc2)c2cc(Cl)ccc2n1. The molecule has 4 nitrogen and oxygen atoms in total. The lowest BCUT2D eigenvalue weighted by molar-refractivity contribution is 0.0520. The van der Waals surface area contributed by atoms with Crippen molar-refractivity contribution < 1.29 is 9.53 Å². The summed E-state index contributed by atoms with van der Waals surface area (Å²) in [7, 11) is 0. The van der Waals surface area contributed by atoms with Gasteiger partial charge >= 0.3 is 5.97 Å². The second-order valence-corrected chi connectivity index (χ2v) is 5.86. The molecule has 0 spiro atoms. The van der Waals surface area contributed by atoms with Crippen LogP contribution in [0.25, 0.3) is 10.9 Å². The van der Waals surface area contributed by atoms with Gasteiger partial charge in [-0.05, 0) is 50.2 Å². The topological polar surface area (TPSA) is 51.2 Å². The van der Waals surface area contributed by atoms with Crippen molar-refractivity contribution >= 4 is 39.8 Å². The number of aryl methyl sites for hydroxylation is 1. The molecule has 0 aliphatic carbocycles. The number of fused-ring (bicyclic) bond motifs is 1. The molecule has 0 radical (unpaired) electrons. The maximum Gasteiger partial charge on any atom is 0.357 e. The van der Waals surface area contributed by atoms with Crippen LogP contribution in [-0.2, 0) is 4.74 Å². The van der Waals surface area contributed by atoms with Gasteiger partial charge in [-0.1, -0.05) is 29.3 Å². The molecule has 3 rings (SSSR count). The first-order valence-corrected chi connectivity index (χ1v) is 8.05. The van der Waals surface area contributed by atoms with Crippen molar-refractivity contribution in [1.29, 1.82) is 0 Å². The molecule has 0 bridgehead atoms. The van der Waals surface area contributed by atoms with Crippen LogP contribution in [0.3, 0.4) is 0 Å². The number of benzene rings is 2. The van der Waals surface area contributed by atoms with Gasteiger partial charge in [-0.25, -0.2) is 9.78 Å². The molecule has 0 amide bonds. The van der Waals surface area contributed by atoms with Crippen LogP contribution in [0.4, 0.5) is 11.4 Å². The van der Waals surface area contributed by atoms with Gasteiger partial charge in [0.2, 0.25) is 0 Å². The van der Waals surface area contributed by atoms with Gasteiger partial charge in [0.05, 0.1) is 17.8 Å². The van der Waals surface area contributed by atoms with E-state index in [4.69, 9.17) is 16.3 Å². The van der Waals surface area contributed by atoms with E-state index in [1.807, 2.05) is 37.3 Å². The molecule has 2 aromatic carbocycles. The largest absolute Gasteiger partial charge is 0.461 e. The Hall–Kier alpha value is -2.59. The van der Waals surface area contributed by atoms with E-state index in [9.17, 15) is 4.79 Å². The van der Waals surface area contributed by atoms with Crippen molar-refractivity contribution in [3.05, 3.63) is 64.8 Å². The van der Waals surface area contributed by atoms with Crippen molar-refractivity contribution in [3.8, 4) is 0 Å². The average molecular weight is 341 g/mol. The van der Waals surface area contributed by atoms with Crippen LogP contribution in [0.15, 0.2) is 48.5 Å². The molecule has 24 heavy (non-hydrogen) atoms. The summed E-state index contributed by atoms with van der Waals surface area (Å²) in [5.74, 6) is -0.443. The normalized spacial score (nSPS) is 10.6. The van der Waals surface area contributed by atoms with E-state index in [1.54, 1.807) is 25.1 Å². The predicted octanol–water partition coefficient (Wildman–Crippen LogP) is 5.12. The summed E-state index contributed by atoms with van der Waals surface area (Å²) < 4.78 is 5.07. The molecule has 0 saturated heterocycles. The smallest absolute Gasteiger partial charge is 0.357 e. The summed E-state index contributed by atoms with van der Waals surface area (Å²) >= 11 is 6.12. The number of nitrogens with zero attached hydrogens (tertiary/aromatic N) is 1. The van der Waals surface area contributed by atoms with Crippen molar-refractivity contribution in [2.45, 2.75) is 13.8 Å². The van der Waals surface area contributed by atoms with Crippen LogP contribution in [-0.4, -0.2) is 17.6 Å². The fourth-order valence-electron chi connectivity index (χ4n) is 2.40. The molecule has 0 fully saturated rings. The number of halogens is 1. The highest BCUT2D eigenvalue weighted by atomic mass is 35.5. The molecule has 1 aromatic heterocycles. The van der Waals surface area contributed by atoms with Gasteiger partial charge in [-0.15, -0.1) is 0 Å². The van der Waals surface area contributed by atoms with Crippen LogP contribution in [0, 0.1) is 6.92 Å². The molecule has 5 heteroatoms. The predicted molar refractivity (Wildman–Crippen MR) is 97.2 cm³/mol. The van der Waals surface area contributed by atoms with Gasteiger partial charge in [0.25, 0.3) is 0 Å². The maximum absolute atomic E-state index is 12.1. The summed E-state index contributed by atoms with van der Waals surface area (Å²) in [5, 5.41) is 4.79. The lowest BCUT2D eigenvalue weighted by Crippen LogP contribution is -2.08. The molecule has 0 unspecified atom stereocenters. The zero-order valence-electron chi connectivity index (χ0n) is 13.5. The van der Waals surface area contributed by atoms with E-state index < -0.39 is 5.97 Å². The molecule has 0 atom stereocenters. The number of pyridine rings is 1. The highest BCUT2D eigenvalue weighted by Crippen LogP contribution is 2.29. The molecule has 122 valence electrons. The van der Waals surface area contributed by atoms with E-state index >= 15 is 0 Å². The summed E-state index contributed by atoms with van der Waals surface area (Å²) in [4.78, 5) is 16.4. The number of carbonyl (C=O) groups excluding carboxylic acids is 1. The first kappa shape index (κ1) is 16.3. The van der Waals surface area contributed by atoms with E-state index in [1.165, 1.54) is 5.56 Å². The van der Waals surface area contributed by atoms with Crippen LogP contribution < -0.4 is 5.32 Å². The van der Waals surface area contributed by atoms with Gasteiger partial charge < -0.3 is 10.1 Å². The third kappa shape index (κ3) is 3.49. The Morgan fingerprint density at radius 1 is 1.17 bits per heavy atom. The number of hydrogen-bond donors (Lipinski definition) is 1. The Balaban J connectivity index is 2.10. The van der Waals surface area contributed by atoms with Crippen LogP contribution in [0.5, 0.6) is 0 Å². The highest BCUT2D eigenvalue weighted by Gasteiger charge is 2.13. The Labute approximate surface area is 145 Å². The third-order valence-corrected chi connectivity index (χ3v) is 3.82. The summed E-state index contributed by atoms with van der Waals surface area (Å²) in [6, 6.07) is 15.1. The Bertz CT molecular complexity index is 892. The average Bonchev–Trinajstić information content (AvgIpc) is 2.57. The van der Waals surface area contributed by atoms with E-state index in [2.05, 4.69) is 10.3 Å². The number of esters is 1. The zero-order valence-corrected chi connectivity index (χ0v) is 14.2. The summed E-state index contributed by atoms with van der Waals surface area (Å²) in [6.45, 7) is 4.11. The van der Waals surface area contributed by atoms with Gasteiger partial charge in [0, 0.05) is 16.1 Å². The lowest BCUT2D eigenvalue weighted by Gasteiger charge is -2.12. The van der Waals surface area contributed by atoms with Gasteiger partial charge in [-0.2, -0.15) is 0 Å². The third-order valence-electron chi connectivity index (χ3n) is 3.59. The minimum absolute atomic E-state index is 0.265. The monoisotopic (exact) mass is 340 g/mol. The maximum atomic E-state index is 12.1. The Kier molecular flexibility index (Phi) is 4.67. The number of rotatable bonds is 4. The molecule has 0 aliphatic rings. The first-order valence-electron chi connectivity index (χ1n) is 7.68. The minimum atomic E-state index is -0.443. The van der Waals surface area contributed by atoms with Crippen molar-refractivity contribution in [2.75, 3.05) is 11.9 Å². The van der Waals surface area contributed by atoms with Gasteiger partial charge in [0.1, 0.15) is 0 Å². The van der Waals surface area contributed by atoms with Crippen molar-refractivity contribution in [2.24, 2.45) is 0 Å². The Morgan fingerprint density at radius 3 is 2.62 bits per heavy atom. The van der Waals surface area contributed by atoms with E-state index in [-0.39, 0.29) is 5.69 Å². The molecule has 0 aliphatic heterocycles. The Morgan fingerprint density at radius 2 is 1.92 bits per heavy atom. The number of hydrogen-bond acceptors (Lipinski definition) is 4. The quantitative estimate of drug-likeness (QED) is 0.670. The van der Waals surface area contributed by atoms with Crippen LogP contribution in [0.2, 0.25) is 5.02 Å². The molecule has 1 N–H and O–H groups in total.